The van der Waals surface area contributed by atoms with Crippen molar-refractivity contribution >= 4 is 0 Å². The van der Waals surface area contributed by atoms with Gasteiger partial charge in [0.05, 0.1) is 13.2 Å². The summed E-state index contributed by atoms with van der Waals surface area (Å²) in [6.45, 7) is 2.09. The molecule has 0 heterocycles. The highest BCUT2D eigenvalue weighted by atomic mass is 19.1. The molecule has 0 aromatic heterocycles. The Morgan fingerprint density at radius 2 is 2.10 bits per heavy atom. The van der Waals surface area contributed by atoms with Gasteiger partial charge in [-0.2, -0.15) is 0 Å². The van der Waals surface area contributed by atoms with Crippen molar-refractivity contribution < 1.29 is 14.2 Å². The van der Waals surface area contributed by atoms with Gasteiger partial charge in [-0.1, -0.05) is 26.2 Å². The van der Waals surface area contributed by atoms with Gasteiger partial charge in [-0.15, -0.1) is 0 Å². The van der Waals surface area contributed by atoms with Crippen LogP contribution in [0, 0.1) is 11.7 Å². The minimum atomic E-state index is -0.373. The maximum Gasteiger partial charge on any atom is 0.130 e. The van der Waals surface area contributed by atoms with E-state index in [4.69, 9.17) is 4.74 Å². The molecule has 1 aromatic carbocycles. The first kappa shape index (κ1) is 13.9. The average molecular weight is 278 g/mol. The molecule has 3 rings (SSSR count). The molecule has 2 aliphatic carbocycles. The van der Waals surface area contributed by atoms with E-state index in [1.165, 1.54) is 12.5 Å². The van der Waals surface area contributed by atoms with Crippen molar-refractivity contribution in [3.8, 4) is 5.75 Å². The normalized spacial score (nSPS) is 33.0. The fourth-order valence-electron chi connectivity index (χ4n) is 4.12. The zero-order valence-corrected chi connectivity index (χ0v) is 12.3. The first-order chi connectivity index (χ1) is 9.56. The van der Waals surface area contributed by atoms with Crippen molar-refractivity contribution in [1.82, 2.24) is 0 Å². The van der Waals surface area contributed by atoms with E-state index < -0.39 is 0 Å². The lowest BCUT2D eigenvalue weighted by atomic mass is 9.61. The molecular formula is C17H23FO2. The van der Waals surface area contributed by atoms with Crippen LogP contribution in [0.2, 0.25) is 0 Å². The van der Waals surface area contributed by atoms with Crippen LogP contribution in [-0.2, 0) is 11.8 Å². The maximum absolute atomic E-state index is 14.4. The highest BCUT2D eigenvalue weighted by Gasteiger charge is 2.45. The van der Waals surface area contributed by atoms with Gasteiger partial charge in [0.15, 0.2) is 0 Å². The summed E-state index contributed by atoms with van der Waals surface area (Å²) in [5.41, 5.74) is 1.42. The van der Waals surface area contributed by atoms with Crippen molar-refractivity contribution in [1.29, 1.82) is 0 Å². The molecule has 1 fully saturated rings. The molecule has 2 bridgehead atoms. The van der Waals surface area contributed by atoms with Crippen LogP contribution in [-0.4, -0.2) is 18.3 Å². The van der Waals surface area contributed by atoms with Gasteiger partial charge in [-0.25, -0.2) is 4.39 Å². The molecule has 0 spiro atoms. The molecule has 2 nitrogen and oxygen atoms in total. The number of methoxy groups -OCH3 is 1. The van der Waals surface area contributed by atoms with Crippen molar-refractivity contribution in [2.24, 2.45) is 5.92 Å². The molecule has 0 saturated heterocycles. The largest absolute Gasteiger partial charge is 0.497 e. The molecule has 0 aliphatic heterocycles. The molecular weight excluding hydrogens is 255 g/mol. The third-order valence-corrected chi connectivity index (χ3v) is 5.36. The van der Waals surface area contributed by atoms with Crippen molar-refractivity contribution in [3.63, 3.8) is 0 Å². The summed E-state index contributed by atoms with van der Waals surface area (Å²) in [6.07, 6.45) is 5.65. The fourth-order valence-corrected chi connectivity index (χ4v) is 4.12. The second-order valence-electron chi connectivity index (χ2n) is 6.56. The smallest absolute Gasteiger partial charge is 0.130 e. The van der Waals surface area contributed by atoms with E-state index >= 15 is 0 Å². The number of halogens is 1. The lowest BCUT2D eigenvalue weighted by Crippen LogP contribution is -2.47. The van der Waals surface area contributed by atoms with E-state index in [2.05, 4.69) is 6.92 Å². The molecule has 3 atom stereocenters. The summed E-state index contributed by atoms with van der Waals surface area (Å²) in [5.74, 6) is 0.564. The fraction of sp³-hybridized carbons (Fsp3) is 0.647. The highest BCUT2D eigenvalue weighted by Crippen LogP contribution is 2.47. The van der Waals surface area contributed by atoms with E-state index in [0.717, 1.165) is 36.8 Å². The van der Waals surface area contributed by atoms with Gasteiger partial charge in [0.25, 0.3) is 0 Å². The second-order valence-corrected chi connectivity index (χ2v) is 6.56. The van der Waals surface area contributed by atoms with Gasteiger partial charge in [-0.05, 0) is 42.4 Å². The predicted molar refractivity (Wildman–Crippen MR) is 76.6 cm³/mol. The average Bonchev–Trinajstić information content (AvgIpc) is 2.44. The topological polar surface area (TPSA) is 29.5 Å². The molecule has 2 aliphatic rings. The van der Waals surface area contributed by atoms with Crippen molar-refractivity contribution in [2.75, 3.05) is 7.11 Å². The van der Waals surface area contributed by atoms with Gasteiger partial charge in [0.2, 0.25) is 0 Å². The number of rotatable bonds is 1. The van der Waals surface area contributed by atoms with Crippen LogP contribution in [0.3, 0.4) is 0 Å². The molecule has 1 aromatic rings. The summed E-state index contributed by atoms with van der Waals surface area (Å²) in [7, 11) is 1.56. The van der Waals surface area contributed by atoms with Crippen LogP contribution < -0.4 is 4.74 Å². The monoisotopic (exact) mass is 278 g/mol. The molecule has 0 radical (unpaired) electrons. The zero-order valence-electron chi connectivity index (χ0n) is 12.3. The third kappa shape index (κ3) is 2.03. The summed E-state index contributed by atoms with van der Waals surface area (Å²) in [5, 5.41) is 10.8. The molecule has 3 heteroatoms. The first-order valence-corrected chi connectivity index (χ1v) is 7.61. The standard InChI is InChI=1S/C17H23FO2/c1-17-7-5-3-4-6-11(16(17)19)8-13-14(17)9-12(20-2)10-15(13)18/h9-11,16,19H,3-8H2,1-2H3. The number of hydrogen-bond donors (Lipinski definition) is 1. The Bertz CT molecular complexity index is 514. The van der Waals surface area contributed by atoms with Gasteiger partial charge >= 0.3 is 0 Å². The number of benzene rings is 1. The lowest BCUT2D eigenvalue weighted by Gasteiger charge is -2.46. The quantitative estimate of drug-likeness (QED) is 0.850. The summed E-state index contributed by atoms with van der Waals surface area (Å²) in [6, 6.07) is 3.40. The number of aliphatic hydroxyl groups excluding tert-OH is 1. The Kier molecular flexibility index (Phi) is 3.49. The minimum Gasteiger partial charge on any atom is -0.497 e. The Labute approximate surface area is 120 Å². The Balaban J connectivity index is 2.15. The van der Waals surface area contributed by atoms with Gasteiger partial charge < -0.3 is 9.84 Å². The number of ether oxygens (including phenoxy) is 1. The summed E-state index contributed by atoms with van der Waals surface area (Å²) < 4.78 is 19.6. The van der Waals surface area contributed by atoms with E-state index in [-0.39, 0.29) is 23.3 Å². The van der Waals surface area contributed by atoms with Gasteiger partial charge in [0, 0.05) is 11.5 Å². The Morgan fingerprint density at radius 1 is 1.30 bits per heavy atom. The SMILES string of the molecule is COc1cc(F)c2c(c1)C1(C)CCCCCC(C2)C1O. The third-order valence-electron chi connectivity index (χ3n) is 5.36. The summed E-state index contributed by atoms with van der Waals surface area (Å²) >= 11 is 0. The van der Waals surface area contributed by atoms with E-state index in [0.29, 0.717) is 12.2 Å². The maximum atomic E-state index is 14.4. The summed E-state index contributed by atoms with van der Waals surface area (Å²) in [4.78, 5) is 0. The molecule has 1 N–H and O–H groups in total. The molecule has 20 heavy (non-hydrogen) atoms. The second kappa shape index (κ2) is 5.03. The van der Waals surface area contributed by atoms with Crippen molar-refractivity contribution in [2.45, 2.75) is 57.0 Å². The first-order valence-electron chi connectivity index (χ1n) is 7.61. The van der Waals surface area contributed by atoms with Crippen LogP contribution in [0.1, 0.15) is 50.2 Å². The molecule has 3 unspecified atom stereocenters. The molecule has 110 valence electrons. The number of hydrogen-bond acceptors (Lipinski definition) is 2. The minimum absolute atomic E-state index is 0.178. The van der Waals surface area contributed by atoms with Crippen LogP contribution in [0.5, 0.6) is 5.75 Å². The molecule has 1 saturated carbocycles. The number of fused-ring (bicyclic) bond motifs is 4. The van der Waals surface area contributed by atoms with Crippen LogP contribution in [0.4, 0.5) is 4.39 Å². The van der Waals surface area contributed by atoms with Gasteiger partial charge in [0.1, 0.15) is 11.6 Å². The van der Waals surface area contributed by atoms with E-state index in [9.17, 15) is 9.50 Å². The van der Waals surface area contributed by atoms with Crippen LogP contribution >= 0.6 is 0 Å². The van der Waals surface area contributed by atoms with E-state index in [1.54, 1.807) is 7.11 Å². The van der Waals surface area contributed by atoms with Crippen molar-refractivity contribution in [3.05, 3.63) is 29.1 Å². The Hall–Kier alpha value is -1.09. The zero-order chi connectivity index (χ0) is 14.3. The van der Waals surface area contributed by atoms with Crippen LogP contribution in [0.15, 0.2) is 12.1 Å². The van der Waals surface area contributed by atoms with Gasteiger partial charge in [-0.3, -0.25) is 0 Å². The Morgan fingerprint density at radius 3 is 2.85 bits per heavy atom. The number of aliphatic hydroxyl groups is 1. The van der Waals surface area contributed by atoms with Crippen LogP contribution in [0.25, 0.3) is 0 Å². The van der Waals surface area contributed by atoms with E-state index in [1.807, 2.05) is 6.07 Å². The highest BCUT2D eigenvalue weighted by molar-refractivity contribution is 5.45. The predicted octanol–water partition coefficient (Wildman–Crippen LogP) is 3.59. The molecule has 0 amide bonds. The lowest BCUT2D eigenvalue weighted by molar-refractivity contribution is 0.00803.